The molecule has 0 bridgehead atoms. The molecule has 20 heavy (non-hydrogen) atoms. The second-order valence-corrected chi connectivity index (χ2v) is 6.70. The lowest BCUT2D eigenvalue weighted by Crippen LogP contribution is -2.40. The van der Waals surface area contributed by atoms with E-state index in [2.05, 4.69) is 5.32 Å². The molecule has 0 unspecified atom stereocenters. The van der Waals surface area contributed by atoms with E-state index in [-0.39, 0.29) is 11.3 Å². The van der Waals surface area contributed by atoms with Crippen LogP contribution in [0.3, 0.4) is 0 Å². The van der Waals surface area contributed by atoms with Crippen LogP contribution in [0.5, 0.6) is 5.75 Å². The van der Waals surface area contributed by atoms with E-state index < -0.39 is 17.9 Å². The quantitative estimate of drug-likeness (QED) is 0.522. The Balaban J connectivity index is 2.92. The van der Waals surface area contributed by atoms with Crippen LogP contribution in [0, 0.1) is 7.14 Å². The molecule has 0 spiro atoms. The zero-order chi connectivity index (χ0) is 15.3. The van der Waals surface area contributed by atoms with Crippen molar-refractivity contribution in [1.82, 2.24) is 5.32 Å². The van der Waals surface area contributed by atoms with Crippen molar-refractivity contribution in [2.45, 2.75) is 32.2 Å². The van der Waals surface area contributed by atoms with Gasteiger partial charge in [-0.05, 0) is 63.7 Å². The van der Waals surface area contributed by atoms with Crippen LogP contribution in [0.1, 0.15) is 36.5 Å². The molecule has 0 heterocycles. The number of hydrogen-bond acceptors (Lipinski definition) is 3. The Morgan fingerprint density at radius 1 is 1.35 bits per heavy atom. The minimum Gasteiger partial charge on any atom is -0.506 e. The summed E-state index contributed by atoms with van der Waals surface area (Å²) in [6.07, 6.45) is 1.94. The van der Waals surface area contributed by atoms with Crippen LogP contribution in [-0.4, -0.2) is 28.1 Å². The first-order valence-electron chi connectivity index (χ1n) is 6.08. The Morgan fingerprint density at radius 3 is 2.55 bits per heavy atom. The van der Waals surface area contributed by atoms with Gasteiger partial charge in [0.05, 0.1) is 9.13 Å². The predicted molar refractivity (Wildman–Crippen MR) is 92.0 cm³/mol. The Bertz CT molecular complexity index is 519. The van der Waals surface area contributed by atoms with Crippen molar-refractivity contribution in [3.05, 3.63) is 24.8 Å². The number of carbonyl (C=O) groups excluding carboxylic acids is 1. The van der Waals surface area contributed by atoms with Crippen LogP contribution in [0.25, 0.3) is 0 Å². The number of amides is 1. The smallest absolute Gasteiger partial charge is 0.326 e. The van der Waals surface area contributed by atoms with Crippen molar-refractivity contribution < 1.29 is 19.8 Å². The average molecular weight is 503 g/mol. The number of unbranched alkanes of at least 4 members (excludes halogenated alkanes) is 1. The number of aliphatic carboxylic acids is 1. The summed E-state index contributed by atoms with van der Waals surface area (Å²) in [5, 5.41) is 21.5. The fraction of sp³-hybridized carbons (Fsp3) is 0.385. The van der Waals surface area contributed by atoms with Crippen LogP contribution in [0.15, 0.2) is 12.1 Å². The van der Waals surface area contributed by atoms with E-state index in [9.17, 15) is 14.7 Å². The number of hydrogen-bond donors (Lipinski definition) is 3. The molecule has 0 aliphatic heterocycles. The van der Waals surface area contributed by atoms with Gasteiger partial charge in [0, 0.05) is 3.57 Å². The summed E-state index contributed by atoms with van der Waals surface area (Å²) < 4.78 is 1.36. The van der Waals surface area contributed by atoms with Crippen molar-refractivity contribution >= 4 is 57.1 Å². The highest BCUT2D eigenvalue weighted by Gasteiger charge is 2.22. The van der Waals surface area contributed by atoms with Gasteiger partial charge in [0.15, 0.2) is 0 Å². The Morgan fingerprint density at radius 2 is 2.00 bits per heavy atom. The van der Waals surface area contributed by atoms with Gasteiger partial charge in [-0.15, -0.1) is 0 Å². The van der Waals surface area contributed by atoms with E-state index in [0.717, 1.165) is 9.99 Å². The fourth-order valence-electron chi connectivity index (χ4n) is 1.64. The minimum absolute atomic E-state index is 0.101. The second kappa shape index (κ2) is 8.01. The molecule has 0 fully saturated rings. The van der Waals surface area contributed by atoms with E-state index in [0.29, 0.717) is 16.4 Å². The standard InChI is InChI=1S/C13H15I2NO4/c1-2-3-4-10(13(19)20)16-12(18)8-5-7(14)6-9(15)11(8)17/h5-6,10,17H,2-4H2,1H3,(H,16,18)(H,19,20)/t10-/m0/s1. The van der Waals surface area contributed by atoms with E-state index in [1.54, 1.807) is 6.07 Å². The zero-order valence-corrected chi connectivity index (χ0v) is 15.1. The first-order valence-corrected chi connectivity index (χ1v) is 8.24. The van der Waals surface area contributed by atoms with Gasteiger partial charge in [0.1, 0.15) is 11.8 Å². The Hall–Kier alpha value is -0.580. The molecule has 1 aromatic carbocycles. The molecule has 1 rings (SSSR count). The maximum absolute atomic E-state index is 12.1. The first kappa shape index (κ1) is 17.5. The molecule has 0 aliphatic rings. The van der Waals surface area contributed by atoms with Gasteiger partial charge < -0.3 is 15.5 Å². The second-order valence-electron chi connectivity index (χ2n) is 4.29. The maximum Gasteiger partial charge on any atom is 0.326 e. The van der Waals surface area contributed by atoms with Crippen molar-refractivity contribution in [2.24, 2.45) is 0 Å². The molecule has 7 heteroatoms. The number of halogens is 2. The number of carboxylic acids is 1. The highest BCUT2D eigenvalue weighted by atomic mass is 127. The van der Waals surface area contributed by atoms with Gasteiger partial charge in [0.25, 0.3) is 5.91 Å². The third-order valence-electron chi connectivity index (χ3n) is 2.72. The largest absolute Gasteiger partial charge is 0.506 e. The summed E-state index contributed by atoms with van der Waals surface area (Å²) in [6, 6.07) is 2.34. The monoisotopic (exact) mass is 503 g/mol. The van der Waals surface area contributed by atoms with Gasteiger partial charge in [-0.25, -0.2) is 4.79 Å². The number of nitrogens with one attached hydrogen (secondary N) is 1. The van der Waals surface area contributed by atoms with E-state index in [4.69, 9.17) is 5.11 Å². The van der Waals surface area contributed by atoms with Crippen molar-refractivity contribution in [3.63, 3.8) is 0 Å². The van der Waals surface area contributed by atoms with Crippen LogP contribution >= 0.6 is 45.2 Å². The number of aromatic hydroxyl groups is 1. The topological polar surface area (TPSA) is 86.6 Å². The number of benzene rings is 1. The Labute approximate surface area is 144 Å². The number of carbonyl (C=O) groups is 2. The molecule has 110 valence electrons. The molecule has 0 aromatic heterocycles. The van der Waals surface area contributed by atoms with Gasteiger partial charge in [-0.1, -0.05) is 19.8 Å². The lowest BCUT2D eigenvalue weighted by molar-refractivity contribution is -0.139. The number of phenols is 1. The van der Waals surface area contributed by atoms with E-state index in [1.165, 1.54) is 6.07 Å². The van der Waals surface area contributed by atoms with Gasteiger partial charge in [0.2, 0.25) is 0 Å². The van der Waals surface area contributed by atoms with Crippen molar-refractivity contribution in [3.8, 4) is 5.75 Å². The molecule has 1 aromatic rings. The third kappa shape index (κ3) is 4.76. The van der Waals surface area contributed by atoms with Crippen LogP contribution in [0.2, 0.25) is 0 Å². The summed E-state index contributed by atoms with van der Waals surface area (Å²) in [5.74, 6) is -1.75. The highest BCUT2D eigenvalue weighted by Crippen LogP contribution is 2.27. The first-order chi connectivity index (χ1) is 9.36. The zero-order valence-electron chi connectivity index (χ0n) is 10.8. The predicted octanol–water partition coefficient (Wildman–Crippen LogP) is 2.97. The molecular weight excluding hydrogens is 488 g/mol. The molecular formula is C13H15I2NO4. The molecule has 0 aliphatic carbocycles. The summed E-state index contributed by atoms with van der Waals surface area (Å²) in [5.41, 5.74) is 0.101. The van der Waals surface area contributed by atoms with Gasteiger partial charge in [-0.3, -0.25) is 4.79 Å². The summed E-state index contributed by atoms with van der Waals surface area (Å²) in [6.45, 7) is 1.95. The lowest BCUT2D eigenvalue weighted by Gasteiger charge is -2.15. The third-order valence-corrected chi connectivity index (χ3v) is 4.17. The van der Waals surface area contributed by atoms with Crippen molar-refractivity contribution in [1.29, 1.82) is 0 Å². The molecule has 1 amide bonds. The summed E-state index contributed by atoms with van der Waals surface area (Å²) in [7, 11) is 0. The molecule has 5 nitrogen and oxygen atoms in total. The van der Waals surface area contributed by atoms with E-state index in [1.807, 2.05) is 52.1 Å². The summed E-state index contributed by atoms with van der Waals surface area (Å²) in [4.78, 5) is 23.2. The molecule has 0 saturated carbocycles. The van der Waals surface area contributed by atoms with Crippen LogP contribution in [0.4, 0.5) is 0 Å². The highest BCUT2D eigenvalue weighted by molar-refractivity contribution is 14.1. The molecule has 0 saturated heterocycles. The van der Waals surface area contributed by atoms with Crippen LogP contribution < -0.4 is 5.32 Å². The average Bonchev–Trinajstić information content (AvgIpc) is 2.38. The summed E-state index contributed by atoms with van der Waals surface area (Å²) >= 11 is 3.97. The number of carboxylic acid groups (broad SMARTS) is 1. The molecule has 1 atom stereocenters. The SMILES string of the molecule is CCCC[C@H](NC(=O)c1cc(I)cc(I)c1O)C(=O)O. The fourth-order valence-corrected chi connectivity index (χ4v) is 3.49. The van der Waals surface area contributed by atoms with E-state index >= 15 is 0 Å². The van der Waals surface area contributed by atoms with Crippen molar-refractivity contribution in [2.75, 3.05) is 0 Å². The number of phenolic OH excluding ortho intramolecular Hbond substituents is 1. The lowest BCUT2D eigenvalue weighted by atomic mass is 10.1. The molecule has 3 N–H and O–H groups in total. The van der Waals surface area contributed by atoms with Gasteiger partial charge in [-0.2, -0.15) is 0 Å². The van der Waals surface area contributed by atoms with Gasteiger partial charge >= 0.3 is 5.97 Å². The minimum atomic E-state index is -1.06. The molecule has 0 radical (unpaired) electrons. The van der Waals surface area contributed by atoms with Crippen LogP contribution in [-0.2, 0) is 4.79 Å². The normalized spacial score (nSPS) is 11.9. The maximum atomic E-state index is 12.1. The number of rotatable bonds is 6. The Kier molecular flexibility index (Phi) is 7.00.